The molecule has 3 aromatic rings. The number of hydrogen-bond donors (Lipinski definition) is 1. The highest BCUT2D eigenvalue weighted by molar-refractivity contribution is 7.92. The Kier molecular flexibility index (Phi) is 10.7. The molecule has 3 aromatic carbocycles. The van der Waals surface area contributed by atoms with Gasteiger partial charge in [0.05, 0.1) is 17.7 Å². The van der Waals surface area contributed by atoms with E-state index in [1.807, 2.05) is 58.0 Å². The molecule has 0 aliphatic carbocycles. The number of ether oxygens (including phenoxy) is 1. The summed E-state index contributed by atoms with van der Waals surface area (Å²) in [5.74, 6) is -0.286. The average Bonchev–Trinajstić information content (AvgIpc) is 2.94. The minimum Gasteiger partial charge on any atom is -0.497 e. The zero-order valence-corrected chi connectivity index (χ0v) is 24.6. The van der Waals surface area contributed by atoms with E-state index in [2.05, 4.69) is 5.32 Å². The van der Waals surface area contributed by atoms with Gasteiger partial charge in [-0.3, -0.25) is 13.9 Å². The Morgan fingerprint density at radius 3 is 2.23 bits per heavy atom. The number of methoxy groups -OCH3 is 1. The molecular weight excluding hydrogens is 526 g/mol. The van der Waals surface area contributed by atoms with E-state index in [0.717, 1.165) is 15.4 Å². The Bertz CT molecular complexity index is 1380. The van der Waals surface area contributed by atoms with Crippen LogP contribution in [0.2, 0.25) is 0 Å². The first-order valence-corrected chi connectivity index (χ1v) is 14.9. The third kappa shape index (κ3) is 7.85. The van der Waals surface area contributed by atoms with Crippen molar-refractivity contribution in [2.45, 2.75) is 57.5 Å². The van der Waals surface area contributed by atoms with E-state index in [4.69, 9.17) is 4.74 Å². The molecule has 9 heteroatoms. The summed E-state index contributed by atoms with van der Waals surface area (Å²) in [7, 11) is -2.64. The molecule has 1 unspecified atom stereocenters. The lowest BCUT2D eigenvalue weighted by Gasteiger charge is -2.33. The van der Waals surface area contributed by atoms with Gasteiger partial charge < -0.3 is 15.0 Å². The number of sulfonamides is 1. The second-order valence-corrected chi connectivity index (χ2v) is 11.8. The molecule has 0 aliphatic heterocycles. The quantitative estimate of drug-likeness (QED) is 0.328. The van der Waals surface area contributed by atoms with E-state index in [1.165, 1.54) is 24.1 Å². The van der Waals surface area contributed by atoms with Crippen LogP contribution < -0.4 is 14.4 Å². The Morgan fingerprint density at radius 1 is 0.950 bits per heavy atom. The summed E-state index contributed by atoms with van der Waals surface area (Å²) in [6, 6.07) is 21.9. The number of nitrogens with zero attached hydrogens (tertiary/aromatic N) is 2. The van der Waals surface area contributed by atoms with Crippen molar-refractivity contribution in [3.05, 3.63) is 90.0 Å². The van der Waals surface area contributed by atoms with Gasteiger partial charge in [-0.05, 0) is 63.4 Å². The van der Waals surface area contributed by atoms with Crippen molar-refractivity contribution < 1.29 is 22.7 Å². The molecule has 3 rings (SSSR count). The molecule has 0 fully saturated rings. The van der Waals surface area contributed by atoms with E-state index in [9.17, 15) is 18.0 Å². The summed E-state index contributed by atoms with van der Waals surface area (Å²) in [6.45, 7) is 7.21. The summed E-state index contributed by atoms with van der Waals surface area (Å²) < 4.78 is 34.3. The molecule has 0 saturated carbocycles. The summed E-state index contributed by atoms with van der Waals surface area (Å²) >= 11 is 0. The van der Waals surface area contributed by atoms with Crippen molar-refractivity contribution in [1.82, 2.24) is 10.2 Å². The van der Waals surface area contributed by atoms with Gasteiger partial charge in [-0.15, -0.1) is 0 Å². The second kappa shape index (κ2) is 14.0. The van der Waals surface area contributed by atoms with Gasteiger partial charge in [-0.2, -0.15) is 0 Å². The van der Waals surface area contributed by atoms with E-state index >= 15 is 0 Å². The van der Waals surface area contributed by atoms with Crippen molar-refractivity contribution in [3.63, 3.8) is 0 Å². The first-order valence-electron chi connectivity index (χ1n) is 13.4. The van der Waals surface area contributed by atoms with Crippen LogP contribution in [-0.4, -0.2) is 57.4 Å². The molecule has 0 aromatic heterocycles. The third-order valence-corrected chi connectivity index (χ3v) is 8.32. The Hall–Kier alpha value is -3.85. The van der Waals surface area contributed by atoms with Gasteiger partial charge in [0, 0.05) is 18.7 Å². The minimum atomic E-state index is -4.13. The molecule has 0 radical (unpaired) electrons. The molecular formula is C31H39N3O5S. The summed E-state index contributed by atoms with van der Waals surface area (Å²) in [5, 5.41) is 2.91. The zero-order chi connectivity index (χ0) is 29.3. The smallest absolute Gasteiger partial charge is 0.264 e. The van der Waals surface area contributed by atoms with Crippen molar-refractivity contribution in [2.24, 2.45) is 0 Å². The van der Waals surface area contributed by atoms with Crippen LogP contribution in [0, 0.1) is 6.92 Å². The molecule has 0 heterocycles. The summed E-state index contributed by atoms with van der Waals surface area (Å²) in [4.78, 5) is 28.8. The Morgan fingerprint density at radius 2 is 1.62 bits per heavy atom. The lowest BCUT2D eigenvalue weighted by molar-refractivity contribution is -0.139. The number of carbonyl (C=O) groups excluding carboxylic acids is 2. The molecule has 40 heavy (non-hydrogen) atoms. The molecule has 0 bridgehead atoms. The van der Waals surface area contributed by atoms with Gasteiger partial charge >= 0.3 is 0 Å². The van der Waals surface area contributed by atoms with Crippen LogP contribution >= 0.6 is 0 Å². The molecule has 0 saturated heterocycles. The number of carbonyl (C=O) groups is 2. The SMILES string of the molecule is CCC(C(=O)NC(C)C)N(CCc1ccccc1)C(=O)CN(c1cccc(OC)c1)S(=O)(=O)c1ccc(C)cc1. The summed E-state index contributed by atoms with van der Waals surface area (Å²) in [6.07, 6.45) is 0.894. The van der Waals surface area contributed by atoms with Crippen LogP contribution in [0.3, 0.4) is 0 Å². The molecule has 8 nitrogen and oxygen atoms in total. The van der Waals surface area contributed by atoms with Gasteiger partial charge in [-0.25, -0.2) is 8.42 Å². The van der Waals surface area contributed by atoms with Gasteiger partial charge in [0.1, 0.15) is 18.3 Å². The molecule has 0 spiro atoms. The fourth-order valence-corrected chi connectivity index (χ4v) is 5.81. The third-order valence-electron chi connectivity index (χ3n) is 6.53. The number of hydrogen-bond acceptors (Lipinski definition) is 5. The molecule has 214 valence electrons. The van der Waals surface area contributed by atoms with Crippen molar-refractivity contribution >= 4 is 27.5 Å². The number of amides is 2. The van der Waals surface area contributed by atoms with Crippen molar-refractivity contribution in [3.8, 4) is 5.75 Å². The van der Waals surface area contributed by atoms with Gasteiger partial charge in [-0.1, -0.05) is 61.0 Å². The lowest BCUT2D eigenvalue weighted by atomic mass is 10.1. The molecule has 2 amide bonds. The fraction of sp³-hybridized carbons (Fsp3) is 0.355. The highest BCUT2D eigenvalue weighted by Crippen LogP contribution is 2.27. The van der Waals surface area contributed by atoms with Crippen LogP contribution in [0.1, 0.15) is 38.3 Å². The fourth-order valence-electron chi connectivity index (χ4n) is 4.41. The van der Waals surface area contributed by atoms with Crippen LogP contribution in [0.25, 0.3) is 0 Å². The number of nitrogens with one attached hydrogen (secondary N) is 1. The maximum atomic E-state index is 14.0. The number of benzene rings is 3. The zero-order valence-electron chi connectivity index (χ0n) is 23.8. The van der Waals surface area contributed by atoms with Crippen LogP contribution in [0.5, 0.6) is 5.75 Å². The maximum Gasteiger partial charge on any atom is 0.264 e. The minimum absolute atomic E-state index is 0.0640. The van der Waals surface area contributed by atoms with E-state index in [-0.39, 0.29) is 29.1 Å². The topological polar surface area (TPSA) is 96.0 Å². The maximum absolute atomic E-state index is 14.0. The highest BCUT2D eigenvalue weighted by atomic mass is 32.2. The Balaban J connectivity index is 2.03. The monoisotopic (exact) mass is 565 g/mol. The van der Waals surface area contributed by atoms with Crippen molar-refractivity contribution in [2.75, 3.05) is 24.5 Å². The first-order chi connectivity index (χ1) is 19.1. The van der Waals surface area contributed by atoms with Gasteiger partial charge in [0.15, 0.2) is 0 Å². The van der Waals surface area contributed by atoms with Gasteiger partial charge in [0.25, 0.3) is 10.0 Å². The first kappa shape index (κ1) is 30.7. The normalized spacial score (nSPS) is 12.1. The largest absolute Gasteiger partial charge is 0.497 e. The second-order valence-electron chi connectivity index (χ2n) is 9.94. The predicted octanol–water partition coefficient (Wildman–Crippen LogP) is 4.57. The lowest BCUT2D eigenvalue weighted by Crippen LogP contribution is -2.54. The van der Waals surface area contributed by atoms with Crippen LogP contribution in [-0.2, 0) is 26.0 Å². The van der Waals surface area contributed by atoms with Crippen LogP contribution in [0.15, 0.2) is 83.8 Å². The van der Waals surface area contributed by atoms with Crippen LogP contribution in [0.4, 0.5) is 5.69 Å². The number of aryl methyl sites for hydroxylation is 1. The van der Waals surface area contributed by atoms with Gasteiger partial charge in [0.2, 0.25) is 11.8 Å². The average molecular weight is 566 g/mol. The molecule has 1 atom stereocenters. The molecule has 0 aliphatic rings. The predicted molar refractivity (Wildman–Crippen MR) is 158 cm³/mol. The number of rotatable bonds is 13. The standard InChI is InChI=1S/C31H39N3O5S/c1-6-29(31(36)32-23(2)3)33(20-19-25-11-8-7-9-12-25)30(35)22-34(26-13-10-14-27(21-26)39-5)40(37,38)28-17-15-24(4)16-18-28/h7-18,21,23,29H,6,19-20,22H2,1-5H3,(H,32,36). The highest BCUT2D eigenvalue weighted by Gasteiger charge is 2.33. The van der Waals surface area contributed by atoms with E-state index in [1.54, 1.807) is 36.4 Å². The number of anilines is 1. The van der Waals surface area contributed by atoms with Crippen molar-refractivity contribution in [1.29, 1.82) is 0 Å². The van der Waals surface area contributed by atoms with E-state index in [0.29, 0.717) is 18.6 Å². The Labute approximate surface area is 238 Å². The summed E-state index contributed by atoms with van der Waals surface area (Å²) in [5.41, 5.74) is 2.21. The molecule has 1 N–H and O–H groups in total. The van der Waals surface area contributed by atoms with E-state index < -0.39 is 28.5 Å².